The number of halogens is 1. The summed E-state index contributed by atoms with van der Waals surface area (Å²) < 4.78 is 5.70. The smallest absolute Gasteiger partial charge is 0.315 e. The van der Waals surface area contributed by atoms with Crippen LogP contribution in [0.5, 0.6) is 0 Å². The van der Waals surface area contributed by atoms with Crippen LogP contribution in [0.2, 0.25) is 5.02 Å². The molecule has 2 rings (SSSR count). The highest BCUT2D eigenvalue weighted by Gasteiger charge is 2.31. The van der Waals surface area contributed by atoms with Crippen molar-refractivity contribution < 1.29 is 9.53 Å². The number of nitrogens with zero attached hydrogens (tertiary/aromatic N) is 1. The van der Waals surface area contributed by atoms with Crippen molar-refractivity contribution in [1.82, 2.24) is 4.90 Å². The molecule has 0 unspecified atom stereocenters. The first-order valence-corrected chi connectivity index (χ1v) is 5.90. The maximum atomic E-state index is 11.3. The van der Waals surface area contributed by atoms with Crippen LogP contribution in [0.25, 0.3) is 0 Å². The van der Waals surface area contributed by atoms with Crippen LogP contribution in [0.1, 0.15) is 18.6 Å². The van der Waals surface area contributed by atoms with Crippen molar-refractivity contribution in [3.05, 3.63) is 34.9 Å². The van der Waals surface area contributed by atoms with Gasteiger partial charge < -0.3 is 15.4 Å². The average Bonchev–Trinajstić information content (AvgIpc) is 2.29. The number of nitrogens with two attached hydrogens (primary N) is 1. The third-order valence-corrected chi connectivity index (χ3v) is 3.25. The van der Waals surface area contributed by atoms with Gasteiger partial charge in [-0.25, -0.2) is 4.79 Å². The number of carbonyl (C=O) groups excluding carboxylic acids is 1. The van der Waals surface area contributed by atoms with Crippen LogP contribution < -0.4 is 5.73 Å². The van der Waals surface area contributed by atoms with Crippen molar-refractivity contribution in [3.8, 4) is 0 Å². The van der Waals surface area contributed by atoms with Crippen LogP contribution in [-0.2, 0) is 4.74 Å². The number of primary amides is 1. The van der Waals surface area contributed by atoms with Crippen LogP contribution in [-0.4, -0.2) is 30.1 Å². The molecular weight excluding hydrogens is 240 g/mol. The Morgan fingerprint density at radius 3 is 3.00 bits per heavy atom. The number of hydrogen-bond acceptors (Lipinski definition) is 2. The molecule has 1 aromatic carbocycles. The Morgan fingerprint density at radius 2 is 2.35 bits per heavy atom. The molecule has 1 aromatic rings. The number of amides is 2. The van der Waals surface area contributed by atoms with Gasteiger partial charge in [0.25, 0.3) is 0 Å². The van der Waals surface area contributed by atoms with Gasteiger partial charge in [-0.2, -0.15) is 0 Å². The SMILES string of the molecule is C[C@@H]1[C@@H](c2cccc(Cl)c2)OCCN1C(N)=O. The number of benzene rings is 1. The van der Waals surface area contributed by atoms with E-state index in [1.807, 2.05) is 31.2 Å². The lowest BCUT2D eigenvalue weighted by molar-refractivity contribution is -0.0484. The zero-order valence-electron chi connectivity index (χ0n) is 9.60. The first kappa shape index (κ1) is 12.2. The third-order valence-electron chi connectivity index (χ3n) is 3.02. The fraction of sp³-hybridized carbons (Fsp3) is 0.417. The maximum Gasteiger partial charge on any atom is 0.315 e. The molecular formula is C12H15ClN2O2. The van der Waals surface area contributed by atoms with Gasteiger partial charge in [0, 0.05) is 11.6 Å². The van der Waals surface area contributed by atoms with E-state index in [4.69, 9.17) is 22.1 Å². The summed E-state index contributed by atoms with van der Waals surface area (Å²) in [6.07, 6.45) is -0.171. The summed E-state index contributed by atoms with van der Waals surface area (Å²) in [6.45, 7) is 2.95. The highest BCUT2D eigenvalue weighted by molar-refractivity contribution is 6.30. The minimum absolute atomic E-state index is 0.0836. The molecule has 17 heavy (non-hydrogen) atoms. The van der Waals surface area contributed by atoms with Gasteiger partial charge in [-0.15, -0.1) is 0 Å². The number of morpholine rings is 1. The summed E-state index contributed by atoms with van der Waals surface area (Å²) >= 11 is 5.95. The van der Waals surface area contributed by atoms with E-state index in [0.717, 1.165) is 5.56 Å². The van der Waals surface area contributed by atoms with Crippen molar-refractivity contribution in [2.45, 2.75) is 19.1 Å². The maximum absolute atomic E-state index is 11.3. The van der Waals surface area contributed by atoms with E-state index >= 15 is 0 Å². The predicted octanol–water partition coefficient (Wildman–Crippen LogP) is 2.18. The summed E-state index contributed by atoms with van der Waals surface area (Å²) in [5, 5.41) is 0.662. The lowest BCUT2D eigenvalue weighted by Gasteiger charge is -2.38. The highest BCUT2D eigenvalue weighted by Crippen LogP contribution is 2.29. The number of hydrogen-bond donors (Lipinski definition) is 1. The first-order chi connectivity index (χ1) is 8.09. The van der Waals surface area contributed by atoms with Crippen LogP contribution in [0, 0.1) is 0 Å². The Labute approximate surface area is 105 Å². The summed E-state index contributed by atoms with van der Waals surface area (Å²) in [7, 11) is 0. The molecule has 1 aliphatic rings. The quantitative estimate of drug-likeness (QED) is 0.835. The van der Waals surface area contributed by atoms with Gasteiger partial charge in [-0.05, 0) is 24.6 Å². The van der Waals surface area contributed by atoms with Gasteiger partial charge in [0.1, 0.15) is 6.10 Å². The average molecular weight is 255 g/mol. The fourth-order valence-corrected chi connectivity index (χ4v) is 2.35. The van der Waals surface area contributed by atoms with Crippen molar-refractivity contribution in [1.29, 1.82) is 0 Å². The standard InChI is InChI=1S/C12H15ClN2O2/c1-8-11(9-3-2-4-10(13)7-9)17-6-5-15(8)12(14)16/h2-4,7-8,11H,5-6H2,1H3,(H2,14,16)/t8-,11+/m1/s1. The molecule has 5 heteroatoms. The second kappa shape index (κ2) is 4.94. The largest absolute Gasteiger partial charge is 0.370 e. The molecule has 2 atom stereocenters. The second-order valence-electron chi connectivity index (χ2n) is 4.12. The first-order valence-electron chi connectivity index (χ1n) is 5.52. The van der Waals surface area contributed by atoms with E-state index < -0.39 is 6.03 Å². The Kier molecular flexibility index (Phi) is 3.54. The molecule has 0 spiro atoms. The van der Waals surface area contributed by atoms with E-state index in [-0.39, 0.29) is 12.1 Å². The highest BCUT2D eigenvalue weighted by atomic mass is 35.5. The molecule has 2 amide bonds. The second-order valence-corrected chi connectivity index (χ2v) is 4.56. The zero-order chi connectivity index (χ0) is 12.4. The van der Waals surface area contributed by atoms with Gasteiger partial charge in [0.05, 0.1) is 12.6 Å². The lowest BCUT2D eigenvalue weighted by Crippen LogP contribution is -2.50. The molecule has 1 fully saturated rings. The predicted molar refractivity (Wildman–Crippen MR) is 65.9 cm³/mol. The van der Waals surface area contributed by atoms with Crippen LogP contribution in [0.3, 0.4) is 0 Å². The Balaban J connectivity index is 2.23. The monoisotopic (exact) mass is 254 g/mol. The summed E-state index contributed by atoms with van der Waals surface area (Å²) in [5.74, 6) is 0. The molecule has 1 aliphatic heterocycles. The Bertz CT molecular complexity index is 425. The minimum Gasteiger partial charge on any atom is -0.370 e. The summed E-state index contributed by atoms with van der Waals surface area (Å²) in [5.41, 5.74) is 6.30. The summed E-state index contributed by atoms with van der Waals surface area (Å²) in [6, 6.07) is 6.99. The van der Waals surface area contributed by atoms with Crippen LogP contribution in [0.15, 0.2) is 24.3 Å². The molecule has 1 saturated heterocycles. The van der Waals surface area contributed by atoms with E-state index in [1.54, 1.807) is 4.90 Å². The number of carbonyl (C=O) groups is 1. The van der Waals surface area contributed by atoms with Gasteiger partial charge in [-0.3, -0.25) is 0 Å². The van der Waals surface area contributed by atoms with Gasteiger partial charge in [0.15, 0.2) is 0 Å². The number of urea groups is 1. The molecule has 2 N–H and O–H groups in total. The van der Waals surface area contributed by atoms with Gasteiger partial charge in [0.2, 0.25) is 0 Å². The third kappa shape index (κ3) is 2.53. The van der Waals surface area contributed by atoms with Crippen LogP contribution >= 0.6 is 11.6 Å². The van der Waals surface area contributed by atoms with Gasteiger partial charge in [-0.1, -0.05) is 23.7 Å². The van der Waals surface area contributed by atoms with E-state index in [1.165, 1.54) is 0 Å². The molecule has 92 valence electrons. The number of ether oxygens (including phenoxy) is 1. The van der Waals surface area contributed by atoms with Crippen molar-refractivity contribution in [2.24, 2.45) is 5.73 Å². The molecule has 0 aromatic heterocycles. The molecule has 0 radical (unpaired) electrons. The lowest BCUT2D eigenvalue weighted by atomic mass is 10.0. The fourth-order valence-electron chi connectivity index (χ4n) is 2.15. The van der Waals surface area contributed by atoms with Crippen molar-refractivity contribution in [3.63, 3.8) is 0 Å². The Morgan fingerprint density at radius 1 is 1.59 bits per heavy atom. The molecule has 4 nitrogen and oxygen atoms in total. The molecule has 0 saturated carbocycles. The van der Waals surface area contributed by atoms with E-state index in [2.05, 4.69) is 0 Å². The van der Waals surface area contributed by atoms with Crippen molar-refractivity contribution in [2.75, 3.05) is 13.2 Å². The minimum atomic E-state index is -0.409. The van der Waals surface area contributed by atoms with Crippen LogP contribution in [0.4, 0.5) is 4.79 Å². The van der Waals surface area contributed by atoms with Gasteiger partial charge >= 0.3 is 6.03 Å². The molecule has 0 bridgehead atoms. The normalized spacial score (nSPS) is 24.7. The summed E-state index contributed by atoms with van der Waals surface area (Å²) in [4.78, 5) is 12.9. The topological polar surface area (TPSA) is 55.6 Å². The number of rotatable bonds is 1. The molecule has 0 aliphatic carbocycles. The Hall–Kier alpha value is -1.26. The van der Waals surface area contributed by atoms with E-state index in [9.17, 15) is 4.79 Å². The molecule has 1 heterocycles. The van der Waals surface area contributed by atoms with Crippen molar-refractivity contribution >= 4 is 17.6 Å². The zero-order valence-corrected chi connectivity index (χ0v) is 10.4. The van der Waals surface area contributed by atoms with E-state index in [0.29, 0.717) is 18.2 Å².